The molecule has 3 heteroatoms. The van der Waals surface area contributed by atoms with Crippen LogP contribution < -0.4 is 0 Å². The molecule has 3 nitrogen and oxygen atoms in total. The molecule has 1 aliphatic rings. The molecule has 1 aliphatic heterocycles. The second-order valence-corrected chi connectivity index (χ2v) is 5.19. The van der Waals surface area contributed by atoms with E-state index in [2.05, 4.69) is 18.7 Å². The molecule has 1 fully saturated rings. The first kappa shape index (κ1) is 14.5. The molecule has 100 valence electrons. The first-order valence-corrected chi connectivity index (χ1v) is 7.16. The molecule has 0 aromatic heterocycles. The summed E-state index contributed by atoms with van der Waals surface area (Å²) in [6.07, 6.45) is 8.68. The van der Waals surface area contributed by atoms with Crippen molar-refractivity contribution in [3.05, 3.63) is 0 Å². The van der Waals surface area contributed by atoms with Crippen LogP contribution in [0.1, 0.15) is 65.2 Å². The van der Waals surface area contributed by atoms with Crippen LogP contribution in [-0.2, 0) is 4.79 Å². The average Bonchev–Trinajstić information content (AvgIpc) is 2.31. The molecule has 1 saturated heterocycles. The number of carbonyl (C=O) groups is 1. The maximum absolute atomic E-state index is 10.9. The molecular formula is C14H27NO2. The molecule has 0 spiro atoms. The molecule has 1 rings (SSSR count). The van der Waals surface area contributed by atoms with Gasteiger partial charge in [-0.2, -0.15) is 0 Å². The number of likely N-dealkylation sites (tertiary alicyclic amines) is 1. The highest BCUT2D eigenvalue weighted by molar-refractivity contribution is 5.67. The molecule has 2 atom stereocenters. The Morgan fingerprint density at radius 1 is 1.41 bits per heavy atom. The van der Waals surface area contributed by atoms with E-state index in [1.54, 1.807) is 0 Å². The van der Waals surface area contributed by atoms with Gasteiger partial charge in [0, 0.05) is 12.1 Å². The van der Waals surface area contributed by atoms with Crippen LogP contribution in [0.25, 0.3) is 0 Å². The van der Waals surface area contributed by atoms with Crippen molar-refractivity contribution in [2.45, 2.75) is 77.3 Å². The van der Waals surface area contributed by atoms with Crippen molar-refractivity contribution in [2.75, 3.05) is 6.54 Å². The third-order valence-corrected chi connectivity index (χ3v) is 3.91. The number of hydrogen-bond acceptors (Lipinski definition) is 2. The second kappa shape index (κ2) is 7.70. The number of piperidine rings is 1. The Morgan fingerprint density at radius 2 is 2.18 bits per heavy atom. The fraction of sp³-hybridized carbons (Fsp3) is 0.929. The monoisotopic (exact) mass is 241 g/mol. The maximum atomic E-state index is 10.9. The fourth-order valence-corrected chi connectivity index (χ4v) is 2.97. The van der Waals surface area contributed by atoms with Gasteiger partial charge < -0.3 is 5.11 Å². The van der Waals surface area contributed by atoms with Crippen LogP contribution in [0.2, 0.25) is 0 Å². The van der Waals surface area contributed by atoms with Crippen molar-refractivity contribution in [1.82, 2.24) is 4.90 Å². The Balaban J connectivity index is 2.57. The minimum absolute atomic E-state index is 0.281. The number of carboxylic acids is 1. The van der Waals surface area contributed by atoms with E-state index in [1.165, 1.54) is 32.1 Å². The van der Waals surface area contributed by atoms with Gasteiger partial charge in [-0.3, -0.25) is 9.69 Å². The van der Waals surface area contributed by atoms with E-state index in [-0.39, 0.29) is 6.04 Å². The Kier molecular flexibility index (Phi) is 6.56. The number of unbranched alkanes of at least 4 members (excludes halogenated alkanes) is 1. The number of aliphatic carboxylic acids is 1. The lowest BCUT2D eigenvalue weighted by atomic mass is 9.94. The zero-order chi connectivity index (χ0) is 12.7. The minimum Gasteiger partial charge on any atom is -0.481 e. The molecular weight excluding hydrogens is 214 g/mol. The molecule has 1 N–H and O–H groups in total. The van der Waals surface area contributed by atoms with E-state index in [4.69, 9.17) is 5.11 Å². The normalized spacial score (nSPS) is 23.5. The van der Waals surface area contributed by atoms with Crippen LogP contribution in [0.4, 0.5) is 0 Å². The Labute approximate surface area is 105 Å². The highest BCUT2D eigenvalue weighted by Crippen LogP contribution is 2.25. The van der Waals surface area contributed by atoms with Crippen LogP contribution >= 0.6 is 0 Å². The first-order valence-electron chi connectivity index (χ1n) is 7.16. The quantitative estimate of drug-likeness (QED) is 0.743. The van der Waals surface area contributed by atoms with E-state index in [9.17, 15) is 4.79 Å². The highest BCUT2D eigenvalue weighted by Gasteiger charge is 2.28. The Bertz CT molecular complexity index is 230. The van der Waals surface area contributed by atoms with Gasteiger partial charge in [-0.25, -0.2) is 0 Å². The van der Waals surface area contributed by atoms with Crippen molar-refractivity contribution in [3.8, 4) is 0 Å². The smallest absolute Gasteiger partial charge is 0.304 e. The summed E-state index contributed by atoms with van der Waals surface area (Å²) >= 11 is 0. The van der Waals surface area contributed by atoms with Crippen molar-refractivity contribution in [2.24, 2.45) is 0 Å². The molecule has 0 aliphatic carbocycles. The fourth-order valence-electron chi connectivity index (χ4n) is 2.97. The highest BCUT2D eigenvalue weighted by atomic mass is 16.4. The Morgan fingerprint density at radius 3 is 2.76 bits per heavy atom. The largest absolute Gasteiger partial charge is 0.481 e. The molecule has 0 aromatic carbocycles. The summed E-state index contributed by atoms with van der Waals surface area (Å²) in [7, 11) is 0. The summed E-state index contributed by atoms with van der Waals surface area (Å²) < 4.78 is 0. The molecule has 0 aromatic rings. The van der Waals surface area contributed by atoms with E-state index in [1.807, 2.05) is 0 Å². The predicted octanol–water partition coefficient (Wildman–Crippen LogP) is 3.28. The van der Waals surface area contributed by atoms with E-state index in [0.29, 0.717) is 12.5 Å². The van der Waals surface area contributed by atoms with Gasteiger partial charge in [0.15, 0.2) is 0 Å². The topological polar surface area (TPSA) is 40.5 Å². The van der Waals surface area contributed by atoms with Gasteiger partial charge in [-0.1, -0.05) is 33.1 Å². The van der Waals surface area contributed by atoms with Gasteiger partial charge in [0.1, 0.15) is 0 Å². The molecule has 0 bridgehead atoms. The summed E-state index contributed by atoms with van der Waals surface area (Å²) in [6.45, 7) is 5.55. The van der Waals surface area contributed by atoms with Gasteiger partial charge in [-0.05, 0) is 32.2 Å². The second-order valence-electron chi connectivity index (χ2n) is 5.19. The zero-order valence-corrected chi connectivity index (χ0v) is 11.3. The van der Waals surface area contributed by atoms with Crippen molar-refractivity contribution in [3.63, 3.8) is 0 Å². The van der Waals surface area contributed by atoms with Gasteiger partial charge in [0.2, 0.25) is 0 Å². The Hall–Kier alpha value is -0.570. The number of hydrogen-bond donors (Lipinski definition) is 1. The summed E-state index contributed by atoms with van der Waals surface area (Å²) in [5, 5.41) is 8.99. The maximum Gasteiger partial charge on any atom is 0.304 e. The van der Waals surface area contributed by atoms with Crippen LogP contribution in [0.3, 0.4) is 0 Å². The first-order chi connectivity index (χ1) is 8.19. The van der Waals surface area contributed by atoms with Crippen molar-refractivity contribution >= 4 is 5.97 Å². The lowest BCUT2D eigenvalue weighted by molar-refractivity contribution is -0.139. The van der Waals surface area contributed by atoms with E-state index < -0.39 is 5.97 Å². The number of rotatable bonds is 7. The molecule has 17 heavy (non-hydrogen) atoms. The molecule has 0 amide bonds. The summed E-state index contributed by atoms with van der Waals surface area (Å²) in [4.78, 5) is 13.4. The lowest BCUT2D eigenvalue weighted by Crippen LogP contribution is -2.47. The summed E-state index contributed by atoms with van der Waals surface area (Å²) in [6, 6.07) is 0.877. The van der Waals surface area contributed by atoms with Crippen LogP contribution in [0, 0.1) is 0 Å². The lowest BCUT2D eigenvalue weighted by Gasteiger charge is -2.40. The minimum atomic E-state index is -0.646. The summed E-state index contributed by atoms with van der Waals surface area (Å²) in [5.41, 5.74) is 0. The van der Waals surface area contributed by atoms with Crippen molar-refractivity contribution < 1.29 is 9.90 Å². The molecule has 2 unspecified atom stereocenters. The van der Waals surface area contributed by atoms with Gasteiger partial charge >= 0.3 is 5.97 Å². The molecule has 0 radical (unpaired) electrons. The molecule has 1 heterocycles. The van der Waals surface area contributed by atoms with Gasteiger partial charge in [0.25, 0.3) is 0 Å². The predicted molar refractivity (Wildman–Crippen MR) is 70.2 cm³/mol. The number of nitrogens with zero attached hydrogens (tertiary/aromatic N) is 1. The average molecular weight is 241 g/mol. The SMILES string of the molecule is CCCCC(CC)N1CCCCC1CC(=O)O. The molecule has 0 saturated carbocycles. The zero-order valence-electron chi connectivity index (χ0n) is 11.3. The summed E-state index contributed by atoms with van der Waals surface area (Å²) in [5.74, 6) is -0.646. The van der Waals surface area contributed by atoms with Crippen molar-refractivity contribution in [1.29, 1.82) is 0 Å². The third kappa shape index (κ3) is 4.66. The van der Waals surface area contributed by atoms with Crippen LogP contribution in [0.15, 0.2) is 0 Å². The number of carboxylic acid groups (broad SMARTS) is 1. The van der Waals surface area contributed by atoms with E-state index >= 15 is 0 Å². The van der Waals surface area contributed by atoms with E-state index in [0.717, 1.165) is 19.4 Å². The van der Waals surface area contributed by atoms with Crippen LogP contribution in [0.5, 0.6) is 0 Å². The van der Waals surface area contributed by atoms with Gasteiger partial charge in [0.05, 0.1) is 6.42 Å². The third-order valence-electron chi connectivity index (χ3n) is 3.91. The van der Waals surface area contributed by atoms with Crippen LogP contribution in [-0.4, -0.2) is 34.6 Å². The standard InChI is InChI=1S/C14H27NO2/c1-3-5-8-12(4-2)15-10-7-6-9-13(15)11-14(16)17/h12-13H,3-11H2,1-2H3,(H,16,17). The van der Waals surface area contributed by atoms with Gasteiger partial charge in [-0.15, -0.1) is 0 Å².